The van der Waals surface area contributed by atoms with Gasteiger partial charge in [0.2, 0.25) is 0 Å². The zero-order chi connectivity index (χ0) is 11.5. The molecular formula is C11H12FN3O. The van der Waals surface area contributed by atoms with Gasteiger partial charge in [-0.2, -0.15) is 5.10 Å². The fourth-order valence-corrected chi connectivity index (χ4v) is 1.48. The number of benzene rings is 1. The maximum atomic E-state index is 12.7. The van der Waals surface area contributed by atoms with Crippen molar-refractivity contribution in [1.29, 1.82) is 0 Å². The Hall–Kier alpha value is -1.75. The van der Waals surface area contributed by atoms with Crippen LogP contribution in [0, 0.1) is 5.82 Å². The molecule has 1 aromatic carbocycles. The van der Waals surface area contributed by atoms with E-state index in [1.165, 1.54) is 18.5 Å². The van der Waals surface area contributed by atoms with Gasteiger partial charge in [-0.25, -0.2) is 9.37 Å². The van der Waals surface area contributed by atoms with Crippen LogP contribution in [0.15, 0.2) is 30.6 Å². The highest BCUT2D eigenvalue weighted by Crippen LogP contribution is 2.17. The van der Waals surface area contributed by atoms with Crippen molar-refractivity contribution in [3.05, 3.63) is 47.8 Å². The van der Waals surface area contributed by atoms with Crippen LogP contribution in [0.25, 0.3) is 0 Å². The highest BCUT2D eigenvalue weighted by atomic mass is 19.1. The second kappa shape index (κ2) is 4.40. The van der Waals surface area contributed by atoms with Crippen molar-refractivity contribution in [2.24, 2.45) is 7.05 Å². The third kappa shape index (κ3) is 2.25. The zero-order valence-electron chi connectivity index (χ0n) is 8.84. The molecule has 1 N–H and O–H groups in total. The standard InChI is InChI=1S/C11H12FN3O/c1-15-11(13-7-14-15)6-10(16)8-2-4-9(12)5-3-8/h2-5,7,10,16H,6H2,1H3. The third-order valence-corrected chi connectivity index (χ3v) is 2.44. The van der Waals surface area contributed by atoms with E-state index in [1.54, 1.807) is 23.9 Å². The summed E-state index contributed by atoms with van der Waals surface area (Å²) in [4.78, 5) is 4.02. The monoisotopic (exact) mass is 221 g/mol. The van der Waals surface area contributed by atoms with E-state index < -0.39 is 6.10 Å². The molecule has 0 fully saturated rings. The first kappa shape index (κ1) is 10.8. The van der Waals surface area contributed by atoms with Crippen LogP contribution in [0.3, 0.4) is 0 Å². The molecule has 0 aliphatic rings. The van der Waals surface area contributed by atoms with E-state index in [2.05, 4.69) is 10.1 Å². The third-order valence-electron chi connectivity index (χ3n) is 2.44. The van der Waals surface area contributed by atoms with E-state index in [0.717, 1.165) is 0 Å². The van der Waals surface area contributed by atoms with E-state index in [1.807, 2.05) is 0 Å². The lowest BCUT2D eigenvalue weighted by Gasteiger charge is -2.09. The van der Waals surface area contributed by atoms with Crippen molar-refractivity contribution >= 4 is 0 Å². The molecule has 84 valence electrons. The molecule has 5 heteroatoms. The minimum Gasteiger partial charge on any atom is -0.388 e. The maximum absolute atomic E-state index is 12.7. The van der Waals surface area contributed by atoms with Crippen molar-refractivity contribution in [1.82, 2.24) is 14.8 Å². The number of aromatic nitrogens is 3. The maximum Gasteiger partial charge on any atom is 0.138 e. The van der Waals surface area contributed by atoms with Crippen LogP contribution in [-0.4, -0.2) is 19.9 Å². The Labute approximate surface area is 92.4 Å². The molecule has 0 amide bonds. The van der Waals surface area contributed by atoms with E-state index >= 15 is 0 Å². The molecule has 1 aromatic heterocycles. The summed E-state index contributed by atoms with van der Waals surface area (Å²) in [5.41, 5.74) is 0.671. The van der Waals surface area contributed by atoms with Gasteiger partial charge >= 0.3 is 0 Å². The molecule has 0 bridgehead atoms. The molecule has 4 nitrogen and oxygen atoms in total. The molecular weight excluding hydrogens is 209 g/mol. The molecule has 16 heavy (non-hydrogen) atoms. The molecule has 2 rings (SSSR count). The van der Waals surface area contributed by atoms with Crippen LogP contribution in [0.1, 0.15) is 17.5 Å². The number of nitrogens with zero attached hydrogens (tertiary/aromatic N) is 3. The fraction of sp³-hybridized carbons (Fsp3) is 0.273. The van der Waals surface area contributed by atoms with Crippen molar-refractivity contribution in [2.45, 2.75) is 12.5 Å². The quantitative estimate of drug-likeness (QED) is 0.848. The Balaban J connectivity index is 2.11. The van der Waals surface area contributed by atoms with Crippen molar-refractivity contribution < 1.29 is 9.50 Å². The Morgan fingerprint density at radius 1 is 1.38 bits per heavy atom. The van der Waals surface area contributed by atoms with Crippen molar-refractivity contribution in [2.75, 3.05) is 0 Å². The van der Waals surface area contributed by atoms with Gasteiger partial charge < -0.3 is 5.11 Å². The summed E-state index contributed by atoms with van der Waals surface area (Å²) < 4.78 is 14.3. The van der Waals surface area contributed by atoms with Crippen molar-refractivity contribution in [3.63, 3.8) is 0 Å². The predicted molar refractivity (Wildman–Crippen MR) is 56.1 cm³/mol. The summed E-state index contributed by atoms with van der Waals surface area (Å²) >= 11 is 0. The van der Waals surface area contributed by atoms with Gasteiger partial charge in [-0.3, -0.25) is 4.68 Å². The van der Waals surface area contributed by atoms with Gasteiger partial charge in [0.05, 0.1) is 6.10 Å². The number of rotatable bonds is 3. The number of aryl methyl sites for hydroxylation is 1. The van der Waals surface area contributed by atoms with Gasteiger partial charge in [-0.15, -0.1) is 0 Å². The van der Waals surface area contributed by atoms with Crippen LogP contribution in [0.4, 0.5) is 4.39 Å². The Bertz CT molecular complexity index is 466. The average molecular weight is 221 g/mol. The van der Waals surface area contributed by atoms with Gasteiger partial charge in [0.1, 0.15) is 18.0 Å². The molecule has 1 unspecified atom stereocenters. The molecule has 1 heterocycles. The van der Waals surface area contributed by atoms with Gasteiger partial charge in [-0.1, -0.05) is 12.1 Å². The first-order valence-electron chi connectivity index (χ1n) is 4.93. The molecule has 0 aliphatic heterocycles. The van der Waals surface area contributed by atoms with E-state index in [0.29, 0.717) is 17.8 Å². The summed E-state index contributed by atoms with van der Waals surface area (Å²) in [5.74, 6) is 0.381. The minimum atomic E-state index is -0.691. The number of hydrogen-bond donors (Lipinski definition) is 1. The molecule has 2 aromatic rings. The summed E-state index contributed by atoms with van der Waals surface area (Å²) in [6, 6.07) is 5.79. The molecule has 0 radical (unpaired) electrons. The first-order chi connectivity index (χ1) is 7.66. The molecule has 0 spiro atoms. The van der Waals surface area contributed by atoms with E-state index in [4.69, 9.17) is 0 Å². The number of halogens is 1. The van der Waals surface area contributed by atoms with Gasteiger partial charge in [-0.05, 0) is 17.7 Å². The van der Waals surface area contributed by atoms with Crippen LogP contribution >= 0.6 is 0 Å². The average Bonchev–Trinajstić information content (AvgIpc) is 2.65. The normalized spacial score (nSPS) is 12.7. The number of aliphatic hydroxyl groups excluding tert-OH is 1. The van der Waals surface area contributed by atoms with Crippen molar-refractivity contribution in [3.8, 4) is 0 Å². The predicted octanol–water partition coefficient (Wildman–Crippen LogP) is 1.23. The first-order valence-corrected chi connectivity index (χ1v) is 4.93. The summed E-state index contributed by atoms with van der Waals surface area (Å²) in [6.07, 6.45) is 1.11. The van der Waals surface area contributed by atoms with E-state index in [9.17, 15) is 9.50 Å². The van der Waals surface area contributed by atoms with Gasteiger partial charge in [0.25, 0.3) is 0 Å². The lowest BCUT2D eigenvalue weighted by atomic mass is 10.1. The SMILES string of the molecule is Cn1ncnc1CC(O)c1ccc(F)cc1. The molecule has 0 aliphatic carbocycles. The second-order valence-electron chi connectivity index (χ2n) is 3.57. The summed E-state index contributed by atoms with van der Waals surface area (Å²) in [7, 11) is 1.76. The number of hydrogen-bond acceptors (Lipinski definition) is 3. The molecule has 1 atom stereocenters. The molecule has 0 saturated carbocycles. The van der Waals surface area contributed by atoms with Crippen LogP contribution < -0.4 is 0 Å². The zero-order valence-corrected chi connectivity index (χ0v) is 8.84. The lowest BCUT2D eigenvalue weighted by molar-refractivity contribution is 0.174. The number of aliphatic hydroxyl groups is 1. The largest absolute Gasteiger partial charge is 0.388 e. The second-order valence-corrected chi connectivity index (χ2v) is 3.57. The van der Waals surface area contributed by atoms with Gasteiger partial charge in [0, 0.05) is 13.5 Å². The fourth-order valence-electron chi connectivity index (χ4n) is 1.48. The van der Waals surface area contributed by atoms with Crippen LogP contribution in [-0.2, 0) is 13.5 Å². The van der Waals surface area contributed by atoms with Gasteiger partial charge in [0.15, 0.2) is 0 Å². The Morgan fingerprint density at radius 2 is 2.06 bits per heavy atom. The molecule has 0 saturated heterocycles. The van der Waals surface area contributed by atoms with E-state index in [-0.39, 0.29) is 5.82 Å². The summed E-state index contributed by atoms with van der Waals surface area (Å²) in [6.45, 7) is 0. The summed E-state index contributed by atoms with van der Waals surface area (Å²) in [5, 5.41) is 13.8. The topological polar surface area (TPSA) is 50.9 Å². The lowest BCUT2D eigenvalue weighted by Crippen LogP contribution is -2.07. The highest BCUT2D eigenvalue weighted by molar-refractivity contribution is 5.19. The van der Waals surface area contributed by atoms with Crippen LogP contribution in [0.2, 0.25) is 0 Å². The Kier molecular flexibility index (Phi) is 2.96. The minimum absolute atomic E-state index is 0.311. The van der Waals surface area contributed by atoms with Crippen LogP contribution in [0.5, 0.6) is 0 Å². The Morgan fingerprint density at radius 3 is 2.62 bits per heavy atom. The highest BCUT2D eigenvalue weighted by Gasteiger charge is 2.11. The smallest absolute Gasteiger partial charge is 0.138 e.